The van der Waals surface area contributed by atoms with Crippen LogP contribution in [0.4, 0.5) is 8.78 Å². The zero-order valence-corrected chi connectivity index (χ0v) is 13.7. The Morgan fingerprint density at radius 3 is 2.70 bits per heavy atom. The molecule has 0 atom stereocenters. The van der Waals surface area contributed by atoms with Crippen LogP contribution >= 0.6 is 11.5 Å². The van der Waals surface area contributed by atoms with E-state index in [-0.39, 0.29) is 17.4 Å². The summed E-state index contributed by atoms with van der Waals surface area (Å²) in [6, 6.07) is 4.58. The van der Waals surface area contributed by atoms with Gasteiger partial charge in [-0.3, -0.25) is 4.79 Å². The molecule has 0 spiro atoms. The molecule has 0 aliphatic carbocycles. The Morgan fingerprint density at radius 1 is 1.39 bits per heavy atom. The van der Waals surface area contributed by atoms with Gasteiger partial charge in [0.15, 0.2) is 11.5 Å². The van der Waals surface area contributed by atoms with Gasteiger partial charge in [0.25, 0.3) is 5.91 Å². The third-order valence-corrected chi connectivity index (χ3v) is 3.91. The molecule has 1 amide bonds. The Labute approximate surface area is 136 Å². The molecule has 0 aliphatic rings. The standard InChI is InChI=1S/C15H16F2N2O3S/c1-9-11(8-23-18-9)14(20)19(2)7-10-4-5-12(22-15(16)17)13(6-10)21-3/h4-6,8,15H,7H2,1-3H3. The lowest BCUT2D eigenvalue weighted by Crippen LogP contribution is -2.26. The van der Waals surface area contributed by atoms with E-state index >= 15 is 0 Å². The molecule has 1 heterocycles. The van der Waals surface area contributed by atoms with Gasteiger partial charge in [0, 0.05) is 19.0 Å². The van der Waals surface area contributed by atoms with Crippen molar-refractivity contribution in [3.05, 3.63) is 40.4 Å². The van der Waals surface area contributed by atoms with Gasteiger partial charge in [-0.2, -0.15) is 13.2 Å². The van der Waals surface area contributed by atoms with Gasteiger partial charge in [-0.25, -0.2) is 0 Å². The number of nitrogens with zero attached hydrogens (tertiary/aromatic N) is 2. The van der Waals surface area contributed by atoms with Gasteiger partial charge in [0.1, 0.15) is 0 Å². The van der Waals surface area contributed by atoms with E-state index in [1.54, 1.807) is 31.5 Å². The van der Waals surface area contributed by atoms with Gasteiger partial charge in [-0.05, 0) is 36.2 Å². The molecule has 0 saturated carbocycles. The van der Waals surface area contributed by atoms with Crippen LogP contribution in [-0.2, 0) is 6.54 Å². The first-order valence-corrected chi connectivity index (χ1v) is 7.54. The van der Waals surface area contributed by atoms with Gasteiger partial charge in [0.05, 0.1) is 18.4 Å². The second-order valence-electron chi connectivity index (χ2n) is 4.84. The van der Waals surface area contributed by atoms with Crippen molar-refractivity contribution in [2.75, 3.05) is 14.2 Å². The minimum atomic E-state index is -2.92. The lowest BCUT2D eigenvalue weighted by atomic mass is 10.1. The molecule has 0 fully saturated rings. The third kappa shape index (κ3) is 4.16. The summed E-state index contributed by atoms with van der Waals surface area (Å²) >= 11 is 1.23. The topological polar surface area (TPSA) is 51.7 Å². The number of alkyl halides is 2. The van der Waals surface area contributed by atoms with Gasteiger partial charge in [-0.1, -0.05) is 6.07 Å². The van der Waals surface area contributed by atoms with Crippen molar-refractivity contribution in [3.63, 3.8) is 0 Å². The number of benzene rings is 1. The van der Waals surface area contributed by atoms with E-state index in [1.165, 1.54) is 29.6 Å². The highest BCUT2D eigenvalue weighted by Gasteiger charge is 2.17. The van der Waals surface area contributed by atoms with Crippen LogP contribution in [0.3, 0.4) is 0 Å². The Balaban J connectivity index is 2.13. The largest absolute Gasteiger partial charge is 0.493 e. The molecule has 1 aromatic carbocycles. The number of rotatable bonds is 6. The van der Waals surface area contributed by atoms with Crippen LogP contribution in [0, 0.1) is 6.92 Å². The zero-order chi connectivity index (χ0) is 17.0. The molecule has 2 aromatic rings. The molecule has 0 unspecified atom stereocenters. The van der Waals surface area contributed by atoms with E-state index in [2.05, 4.69) is 9.11 Å². The van der Waals surface area contributed by atoms with Crippen molar-refractivity contribution in [2.45, 2.75) is 20.1 Å². The van der Waals surface area contributed by atoms with Crippen LogP contribution < -0.4 is 9.47 Å². The summed E-state index contributed by atoms with van der Waals surface area (Å²) in [6.07, 6.45) is 0. The number of halogens is 2. The first-order chi connectivity index (χ1) is 10.9. The number of amides is 1. The highest BCUT2D eigenvalue weighted by Crippen LogP contribution is 2.30. The summed E-state index contributed by atoms with van der Waals surface area (Å²) in [6.45, 7) is -0.843. The van der Waals surface area contributed by atoms with Gasteiger partial charge < -0.3 is 14.4 Å². The molecule has 0 bridgehead atoms. The third-order valence-electron chi connectivity index (χ3n) is 3.19. The number of hydrogen-bond donors (Lipinski definition) is 0. The SMILES string of the molecule is COc1cc(CN(C)C(=O)c2csnc2C)ccc1OC(F)F. The van der Waals surface area contributed by atoms with Gasteiger partial charge in [0.2, 0.25) is 0 Å². The Morgan fingerprint density at radius 2 is 2.13 bits per heavy atom. The normalized spacial score (nSPS) is 10.7. The van der Waals surface area contributed by atoms with E-state index in [9.17, 15) is 13.6 Å². The van der Waals surface area contributed by atoms with Crippen LogP contribution in [0.5, 0.6) is 11.5 Å². The molecular weight excluding hydrogens is 326 g/mol. The number of hydrogen-bond acceptors (Lipinski definition) is 5. The number of carbonyl (C=O) groups is 1. The lowest BCUT2D eigenvalue weighted by Gasteiger charge is -2.18. The average molecular weight is 342 g/mol. The first-order valence-electron chi connectivity index (χ1n) is 6.70. The second-order valence-corrected chi connectivity index (χ2v) is 5.47. The summed E-state index contributed by atoms with van der Waals surface area (Å²) < 4.78 is 38.1. The molecular formula is C15H16F2N2O3S. The monoisotopic (exact) mass is 342 g/mol. The van der Waals surface area contributed by atoms with Crippen LogP contribution in [0.15, 0.2) is 23.6 Å². The molecule has 2 rings (SSSR count). The Bertz CT molecular complexity index is 691. The molecule has 5 nitrogen and oxygen atoms in total. The lowest BCUT2D eigenvalue weighted by molar-refractivity contribution is -0.0512. The van der Waals surface area contributed by atoms with Gasteiger partial charge >= 0.3 is 6.61 Å². The van der Waals surface area contributed by atoms with Crippen LogP contribution in [-0.4, -0.2) is 35.9 Å². The maximum atomic E-state index is 12.3. The van der Waals surface area contributed by atoms with E-state index in [0.717, 1.165) is 5.56 Å². The number of carbonyl (C=O) groups excluding carboxylic acids is 1. The fourth-order valence-corrected chi connectivity index (χ4v) is 2.74. The minimum Gasteiger partial charge on any atom is -0.493 e. The van der Waals surface area contributed by atoms with Crippen LogP contribution in [0.25, 0.3) is 0 Å². The fourth-order valence-electron chi connectivity index (χ4n) is 2.05. The van der Waals surface area contributed by atoms with Crippen LogP contribution in [0.2, 0.25) is 0 Å². The quantitative estimate of drug-likeness (QED) is 0.808. The predicted molar refractivity (Wildman–Crippen MR) is 82.3 cm³/mol. The summed E-state index contributed by atoms with van der Waals surface area (Å²) in [7, 11) is 3.03. The molecule has 124 valence electrons. The second kappa shape index (κ2) is 7.36. The number of aryl methyl sites for hydroxylation is 1. The van der Waals surface area contributed by atoms with Crippen molar-refractivity contribution in [2.24, 2.45) is 0 Å². The number of ether oxygens (including phenoxy) is 2. The molecule has 8 heteroatoms. The zero-order valence-electron chi connectivity index (χ0n) is 12.9. The molecule has 0 saturated heterocycles. The Kier molecular flexibility index (Phi) is 5.49. The highest BCUT2D eigenvalue weighted by atomic mass is 32.1. The fraction of sp³-hybridized carbons (Fsp3) is 0.333. The molecule has 1 aromatic heterocycles. The average Bonchev–Trinajstić information content (AvgIpc) is 2.93. The first kappa shape index (κ1) is 17.1. The van der Waals surface area contributed by atoms with Crippen molar-refractivity contribution in [3.8, 4) is 11.5 Å². The van der Waals surface area contributed by atoms with Crippen LogP contribution in [0.1, 0.15) is 21.6 Å². The van der Waals surface area contributed by atoms with Crippen molar-refractivity contribution in [1.29, 1.82) is 0 Å². The summed E-state index contributed by atoms with van der Waals surface area (Å²) in [5.41, 5.74) is 1.98. The van der Waals surface area contributed by atoms with Crippen molar-refractivity contribution < 1.29 is 23.0 Å². The van der Waals surface area contributed by atoms with Gasteiger partial charge in [-0.15, -0.1) is 0 Å². The van der Waals surface area contributed by atoms with Crippen molar-refractivity contribution in [1.82, 2.24) is 9.27 Å². The van der Waals surface area contributed by atoms with Crippen molar-refractivity contribution >= 4 is 17.4 Å². The maximum Gasteiger partial charge on any atom is 0.387 e. The summed E-state index contributed by atoms with van der Waals surface area (Å²) in [5, 5.41) is 1.70. The summed E-state index contributed by atoms with van der Waals surface area (Å²) in [4.78, 5) is 13.9. The number of methoxy groups -OCH3 is 1. The molecule has 23 heavy (non-hydrogen) atoms. The molecule has 0 aliphatic heterocycles. The van der Waals surface area contributed by atoms with E-state index in [0.29, 0.717) is 17.8 Å². The Hall–Kier alpha value is -2.22. The smallest absolute Gasteiger partial charge is 0.387 e. The molecule has 0 N–H and O–H groups in total. The highest BCUT2D eigenvalue weighted by molar-refractivity contribution is 7.03. The van der Waals surface area contributed by atoms with E-state index < -0.39 is 6.61 Å². The van der Waals surface area contributed by atoms with E-state index in [1.807, 2.05) is 0 Å². The van der Waals surface area contributed by atoms with E-state index in [4.69, 9.17) is 4.74 Å². The maximum absolute atomic E-state index is 12.3. The summed E-state index contributed by atoms with van der Waals surface area (Å²) in [5.74, 6) is -0.00161. The molecule has 0 radical (unpaired) electrons. The minimum absolute atomic E-state index is 0.0434. The number of aromatic nitrogens is 1. The predicted octanol–water partition coefficient (Wildman–Crippen LogP) is 3.33.